The number of ether oxygens (including phenoxy) is 1. The third-order valence-electron chi connectivity index (χ3n) is 7.95. The van der Waals surface area contributed by atoms with Crippen LogP contribution in [-0.2, 0) is 27.3 Å². The zero-order valence-corrected chi connectivity index (χ0v) is 27.9. The van der Waals surface area contributed by atoms with E-state index < -0.39 is 11.9 Å². The summed E-state index contributed by atoms with van der Waals surface area (Å²) < 4.78 is 5.18. The third kappa shape index (κ3) is 9.41. The Kier molecular flexibility index (Phi) is 12.7. The summed E-state index contributed by atoms with van der Waals surface area (Å²) in [7, 11) is 3.25. The Balaban J connectivity index is 0.000000579. The average molecular weight is 693 g/mol. The molecule has 1 aliphatic rings. The maximum Gasteiger partial charge on any atom is 0.338 e. The number of carboxylic acids is 2. The number of carbonyl (C=O) groups is 4. The summed E-state index contributed by atoms with van der Waals surface area (Å²) in [5.74, 6) is -2.85. The van der Waals surface area contributed by atoms with Gasteiger partial charge in [0.1, 0.15) is 0 Å². The van der Waals surface area contributed by atoms with Crippen molar-refractivity contribution in [2.24, 2.45) is 0 Å². The lowest BCUT2D eigenvalue weighted by Gasteiger charge is -2.32. The van der Waals surface area contributed by atoms with Crippen molar-refractivity contribution >= 4 is 57.9 Å². The second-order valence-electron chi connectivity index (χ2n) is 11.2. The Morgan fingerprint density at radius 1 is 0.958 bits per heavy atom. The number of nitrogens with zero attached hydrogens (tertiary/aromatic N) is 3. The Morgan fingerprint density at radius 3 is 2.27 bits per heavy atom. The first kappa shape index (κ1) is 36.1. The Morgan fingerprint density at radius 2 is 1.62 bits per heavy atom. The topological polar surface area (TPSA) is 137 Å². The lowest BCUT2D eigenvalue weighted by atomic mass is 9.93. The molecule has 0 fully saturated rings. The van der Waals surface area contributed by atoms with Crippen LogP contribution in [0, 0.1) is 0 Å². The average Bonchev–Trinajstić information content (AvgIpc) is 3.09. The summed E-state index contributed by atoms with van der Waals surface area (Å²) in [6.07, 6.45) is 2.65. The van der Waals surface area contributed by atoms with Gasteiger partial charge in [-0.25, -0.2) is 14.4 Å². The van der Waals surface area contributed by atoms with Crippen LogP contribution in [0.25, 0.3) is 10.9 Å². The number of benzene rings is 3. The number of rotatable bonds is 10. The highest BCUT2D eigenvalue weighted by Gasteiger charge is 2.27. The van der Waals surface area contributed by atoms with Crippen molar-refractivity contribution in [3.8, 4) is 0 Å². The van der Waals surface area contributed by atoms with Crippen LogP contribution in [0.1, 0.15) is 49.9 Å². The molecule has 48 heavy (non-hydrogen) atoms. The fourth-order valence-electron chi connectivity index (χ4n) is 5.60. The number of likely N-dealkylation sites (N-methyl/N-ethyl adjacent to an activating group) is 1. The van der Waals surface area contributed by atoms with Gasteiger partial charge in [0.05, 0.1) is 28.2 Å². The Bertz CT molecular complexity index is 1820. The molecule has 1 aliphatic heterocycles. The molecule has 0 bridgehead atoms. The molecule has 250 valence electrons. The quantitative estimate of drug-likeness (QED) is 0.144. The van der Waals surface area contributed by atoms with E-state index in [0.29, 0.717) is 46.4 Å². The first-order chi connectivity index (χ1) is 23.0. The van der Waals surface area contributed by atoms with Gasteiger partial charge in [-0.05, 0) is 48.9 Å². The molecule has 1 aromatic heterocycles. The number of halogens is 2. The molecule has 0 saturated heterocycles. The Labute approximate surface area is 288 Å². The standard InChI is InChI=1S/C32H31Cl2N3O3.C4H4O4/c1-36(31(38)21-8-4-3-5-9-21)19-23(22-12-13-26(33)27(34)18-22)14-16-37-17-15-29-25(20-37)30(32(39)40-2)24-10-6-7-11-28(24)35-29;5-3(6)1-2-4(7)8/h3-13,18,23H,14-17,19-20H2,1-2H3;1-2H,(H,5,6)(H,7,8)/b;2-1+. The molecule has 3 aromatic carbocycles. The summed E-state index contributed by atoms with van der Waals surface area (Å²) in [6.45, 7) is 2.72. The molecule has 2 N–H and O–H groups in total. The predicted octanol–water partition coefficient (Wildman–Crippen LogP) is 6.34. The fraction of sp³-hybridized carbons (Fsp3) is 0.250. The van der Waals surface area contributed by atoms with E-state index in [9.17, 15) is 19.2 Å². The summed E-state index contributed by atoms with van der Waals surface area (Å²) in [4.78, 5) is 54.1. The van der Waals surface area contributed by atoms with E-state index in [1.54, 1.807) is 4.90 Å². The number of pyridine rings is 1. The highest BCUT2D eigenvalue weighted by atomic mass is 35.5. The van der Waals surface area contributed by atoms with E-state index >= 15 is 0 Å². The van der Waals surface area contributed by atoms with Crippen LogP contribution in [0.5, 0.6) is 0 Å². The minimum absolute atomic E-state index is 0.0294. The first-order valence-electron chi connectivity index (χ1n) is 15.1. The van der Waals surface area contributed by atoms with Crippen LogP contribution in [0.2, 0.25) is 10.0 Å². The van der Waals surface area contributed by atoms with Crippen molar-refractivity contribution in [1.29, 1.82) is 0 Å². The molecule has 1 unspecified atom stereocenters. The maximum atomic E-state index is 13.1. The molecular weight excluding hydrogens is 657 g/mol. The third-order valence-corrected chi connectivity index (χ3v) is 8.69. The molecule has 0 saturated carbocycles. The molecule has 5 rings (SSSR count). The van der Waals surface area contributed by atoms with Gasteiger partial charge in [0, 0.05) is 73.4 Å². The minimum Gasteiger partial charge on any atom is -0.478 e. The lowest BCUT2D eigenvalue weighted by molar-refractivity contribution is -0.134. The van der Waals surface area contributed by atoms with E-state index in [4.69, 9.17) is 43.1 Å². The van der Waals surface area contributed by atoms with Crippen LogP contribution in [-0.4, -0.2) is 82.6 Å². The molecule has 1 amide bonds. The summed E-state index contributed by atoms with van der Waals surface area (Å²) in [5.41, 5.74) is 4.97. The van der Waals surface area contributed by atoms with Gasteiger partial charge in [-0.1, -0.05) is 65.7 Å². The van der Waals surface area contributed by atoms with E-state index in [2.05, 4.69) is 4.90 Å². The SMILES string of the molecule is COC(=O)c1c2c(nc3ccccc13)CCN(CCC(CN(C)C(=O)c1ccccc1)c1ccc(Cl)c(Cl)c1)C2.O=C(O)/C=C/C(=O)O. The van der Waals surface area contributed by atoms with Crippen LogP contribution >= 0.6 is 23.2 Å². The smallest absolute Gasteiger partial charge is 0.338 e. The van der Waals surface area contributed by atoms with Gasteiger partial charge in [-0.15, -0.1) is 0 Å². The summed E-state index contributed by atoms with van der Waals surface area (Å²) in [5, 5.41) is 17.4. The number of hydrogen-bond donors (Lipinski definition) is 2. The van der Waals surface area contributed by atoms with Crippen LogP contribution in [0.3, 0.4) is 0 Å². The molecule has 0 aliphatic carbocycles. The maximum absolute atomic E-state index is 13.1. The monoisotopic (exact) mass is 691 g/mol. The number of fused-ring (bicyclic) bond motifs is 2. The van der Waals surface area contributed by atoms with E-state index in [0.717, 1.165) is 53.7 Å². The predicted molar refractivity (Wildman–Crippen MR) is 184 cm³/mol. The van der Waals surface area contributed by atoms with Gasteiger partial charge in [-0.2, -0.15) is 0 Å². The number of methoxy groups -OCH3 is 1. The molecule has 2 heterocycles. The van der Waals surface area contributed by atoms with Gasteiger partial charge in [0.25, 0.3) is 5.91 Å². The highest BCUT2D eigenvalue weighted by molar-refractivity contribution is 6.42. The van der Waals surface area contributed by atoms with Crippen LogP contribution in [0.15, 0.2) is 84.9 Å². The van der Waals surface area contributed by atoms with Gasteiger partial charge >= 0.3 is 17.9 Å². The first-order valence-corrected chi connectivity index (χ1v) is 15.8. The highest BCUT2D eigenvalue weighted by Crippen LogP contribution is 2.32. The van der Waals surface area contributed by atoms with Gasteiger partial charge in [0.2, 0.25) is 0 Å². The molecular formula is C36H35Cl2N3O7. The van der Waals surface area contributed by atoms with Crippen LogP contribution in [0.4, 0.5) is 0 Å². The fourth-order valence-corrected chi connectivity index (χ4v) is 5.90. The zero-order chi connectivity index (χ0) is 34.8. The second-order valence-corrected chi connectivity index (χ2v) is 12.0. The van der Waals surface area contributed by atoms with Crippen molar-refractivity contribution in [2.45, 2.75) is 25.3 Å². The summed E-state index contributed by atoms with van der Waals surface area (Å²) in [6, 6.07) is 22.7. The summed E-state index contributed by atoms with van der Waals surface area (Å²) >= 11 is 12.6. The normalized spacial score (nSPS) is 13.2. The minimum atomic E-state index is -1.26. The number of amides is 1. The van der Waals surface area contributed by atoms with E-state index in [-0.39, 0.29) is 17.8 Å². The number of aromatic nitrogens is 1. The van der Waals surface area contributed by atoms with E-state index in [1.165, 1.54) is 7.11 Å². The van der Waals surface area contributed by atoms with Crippen molar-refractivity contribution in [3.05, 3.63) is 123 Å². The van der Waals surface area contributed by atoms with Crippen LogP contribution < -0.4 is 0 Å². The van der Waals surface area contributed by atoms with Crippen molar-refractivity contribution < 1.29 is 34.1 Å². The van der Waals surface area contributed by atoms with Crippen molar-refractivity contribution in [1.82, 2.24) is 14.8 Å². The molecule has 0 radical (unpaired) electrons. The van der Waals surface area contributed by atoms with Crippen molar-refractivity contribution in [3.63, 3.8) is 0 Å². The number of carboxylic acid groups (broad SMARTS) is 2. The van der Waals surface area contributed by atoms with E-state index in [1.807, 2.05) is 79.8 Å². The molecule has 0 spiro atoms. The number of aliphatic carboxylic acids is 2. The van der Waals surface area contributed by atoms with Crippen molar-refractivity contribution in [2.75, 3.05) is 33.8 Å². The second kappa shape index (κ2) is 16.9. The lowest BCUT2D eigenvalue weighted by Crippen LogP contribution is -2.36. The number of hydrogen-bond acceptors (Lipinski definition) is 7. The zero-order valence-electron chi connectivity index (χ0n) is 26.4. The largest absolute Gasteiger partial charge is 0.478 e. The number of carbonyl (C=O) groups excluding carboxylic acids is 2. The number of esters is 1. The molecule has 1 atom stereocenters. The van der Waals surface area contributed by atoms with Gasteiger partial charge in [-0.3, -0.25) is 14.7 Å². The van der Waals surface area contributed by atoms with Gasteiger partial charge in [0.15, 0.2) is 0 Å². The molecule has 10 nitrogen and oxygen atoms in total. The Hall–Kier alpha value is -4.77. The van der Waals surface area contributed by atoms with Gasteiger partial charge < -0.3 is 19.8 Å². The molecule has 12 heteroatoms. The molecule has 4 aromatic rings. The number of para-hydroxylation sites is 1.